The van der Waals surface area contributed by atoms with E-state index in [1.54, 1.807) is 0 Å². The Morgan fingerprint density at radius 3 is 2.87 bits per heavy atom. The Bertz CT molecular complexity index is 753. The Balaban J connectivity index is 1.95. The summed E-state index contributed by atoms with van der Waals surface area (Å²) in [4.78, 5) is 30.2. The van der Waals surface area contributed by atoms with Crippen molar-refractivity contribution in [1.82, 2.24) is 9.97 Å². The maximum absolute atomic E-state index is 11.8. The average Bonchev–Trinajstić information content (AvgIpc) is 2.98. The van der Waals surface area contributed by atoms with Crippen molar-refractivity contribution in [3.05, 3.63) is 37.8 Å². The third-order valence-corrected chi connectivity index (χ3v) is 4.63. The molecule has 2 heterocycles. The number of carbonyl (C=O) groups excluding carboxylic acids is 1. The van der Waals surface area contributed by atoms with Crippen LogP contribution < -0.4 is 17.0 Å². The van der Waals surface area contributed by atoms with Crippen molar-refractivity contribution in [1.29, 1.82) is 0 Å². The molecule has 0 aliphatic rings. The first-order valence-electron chi connectivity index (χ1n) is 7.23. The van der Waals surface area contributed by atoms with Gasteiger partial charge in [0.1, 0.15) is 10.7 Å². The normalized spacial score (nSPS) is 12.1. The summed E-state index contributed by atoms with van der Waals surface area (Å²) in [5, 5.41) is 1.96. The highest BCUT2D eigenvalue weighted by atomic mass is 32.1. The summed E-state index contributed by atoms with van der Waals surface area (Å²) in [5.41, 5.74) is 12.4. The standard InChI is InChI=1S/C15H20N4O3S/c1-8(9-6-11(23-7-9)14(21)22-2)4-3-5-10-12(16)18-15(17)19-13(10)20/h6-8H,3-5H2,1-2H3,(H5,16,17,18,19,20). The molecule has 0 spiro atoms. The molecule has 2 rings (SSSR count). The van der Waals surface area contributed by atoms with E-state index in [9.17, 15) is 9.59 Å². The van der Waals surface area contributed by atoms with Gasteiger partial charge in [-0.05, 0) is 42.2 Å². The molecule has 0 saturated carbocycles. The van der Waals surface area contributed by atoms with Crippen molar-refractivity contribution in [2.45, 2.75) is 32.1 Å². The fourth-order valence-electron chi connectivity index (χ4n) is 2.34. The van der Waals surface area contributed by atoms with Gasteiger partial charge in [0.15, 0.2) is 0 Å². The molecule has 8 heteroatoms. The zero-order chi connectivity index (χ0) is 17.0. The van der Waals surface area contributed by atoms with Crippen molar-refractivity contribution >= 4 is 29.1 Å². The maximum Gasteiger partial charge on any atom is 0.348 e. The molecule has 0 fully saturated rings. The fraction of sp³-hybridized carbons (Fsp3) is 0.400. The zero-order valence-corrected chi connectivity index (χ0v) is 13.9. The molecular weight excluding hydrogens is 316 g/mol. The molecule has 0 aliphatic heterocycles. The number of H-pyrrole nitrogens is 1. The van der Waals surface area contributed by atoms with Gasteiger partial charge in [-0.1, -0.05) is 6.92 Å². The van der Waals surface area contributed by atoms with E-state index in [0.29, 0.717) is 16.9 Å². The van der Waals surface area contributed by atoms with Gasteiger partial charge in [0.05, 0.1) is 12.7 Å². The molecule has 0 radical (unpaired) electrons. The lowest BCUT2D eigenvalue weighted by Gasteiger charge is -2.10. The van der Waals surface area contributed by atoms with Gasteiger partial charge < -0.3 is 16.2 Å². The summed E-state index contributed by atoms with van der Waals surface area (Å²) in [5.74, 6) is 0.160. The number of ether oxygens (including phenoxy) is 1. The number of anilines is 2. The summed E-state index contributed by atoms with van der Waals surface area (Å²) in [6.45, 7) is 2.08. The van der Waals surface area contributed by atoms with E-state index >= 15 is 0 Å². The van der Waals surface area contributed by atoms with Gasteiger partial charge in [0.25, 0.3) is 5.56 Å². The van der Waals surface area contributed by atoms with Crippen molar-refractivity contribution in [2.24, 2.45) is 0 Å². The van der Waals surface area contributed by atoms with E-state index in [-0.39, 0.29) is 29.2 Å². The topological polar surface area (TPSA) is 124 Å². The van der Waals surface area contributed by atoms with E-state index in [1.165, 1.54) is 18.4 Å². The highest BCUT2D eigenvalue weighted by Gasteiger charge is 2.14. The van der Waals surface area contributed by atoms with Crippen molar-refractivity contribution in [3.8, 4) is 0 Å². The fourth-order valence-corrected chi connectivity index (χ4v) is 3.29. The molecule has 1 atom stereocenters. The SMILES string of the molecule is COC(=O)c1cc(C(C)CCCc2c(N)nc(N)[nH]c2=O)cs1. The zero-order valence-electron chi connectivity index (χ0n) is 13.1. The van der Waals surface area contributed by atoms with E-state index in [2.05, 4.69) is 16.9 Å². The first-order valence-corrected chi connectivity index (χ1v) is 8.11. The number of thiophene rings is 1. The second-order valence-electron chi connectivity index (χ2n) is 5.34. The Labute approximate surface area is 137 Å². The van der Waals surface area contributed by atoms with Gasteiger partial charge in [-0.2, -0.15) is 4.98 Å². The van der Waals surface area contributed by atoms with Gasteiger partial charge in [-0.15, -0.1) is 11.3 Å². The van der Waals surface area contributed by atoms with Crippen molar-refractivity contribution in [3.63, 3.8) is 0 Å². The second kappa shape index (κ2) is 7.28. The number of nitrogens with zero attached hydrogens (tertiary/aromatic N) is 1. The van der Waals surface area contributed by atoms with Crippen LogP contribution in [0, 0.1) is 0 Å². The molecular formula is C15H20N4O3S. The summed E-state index contributed by atoms with van der Waals surface area (Å²) >= 11 is 1.37. The molecule has 2 aromatic heterocycles. The Morgan fingerprint density at radius 1 is 1.48 bits per heavy atom. The lowest BCUT2D eigenvalue weighted by Crippen LogP contribution is -2.19. The first-order chi connectivity index (χ1) is 10.9. The van der Waals surface area contributed by atoms with Gasteiger partial charge in [0.2, 0.25) is 5.95 Å². The number of hydrogen-bond acceptors (Lipinski definition) is 7. The molecule has 0 amide bonds. The van der Waals surface area contributed by atoms with Crippen LogP contribution in [0.15, 0.2) is 16.2 Å². The summed E-state index contributed by atoms with van der Waals surface area (Å²) in [6, 6.07) is 1.85. The summed E-state index contributed by atoms with van der Waals surface area (Å²) in [7, 11) is 1.37. The van der Waals surface area contributed by atoms with Crippen LogP contribution in [0.2, 0.25) is 0 Å². The second-order valence-corrected chi connectivity index (χ2v) is 6.26. The van der Waals surface area contributed by atoms with Crippen LogP contribution in [0.1, 0.15) is 46.5 Å². The van der Waals surface area contributed by atoms with E-state index in [0.717, 1.165) is 18.4 Å². The lowest BCUT2D eigenvalue weighted by atomic mass is 9.96. The number of nitrogens with two attached hydrogens (primary N) is 2. The number of aromatic amines is 1. The molecule has 1 unspecified atom stereocenters. The van der Waals surface area contributed by atoms with E-state index < -0.39 is 0 Å². The summed E-state index contributed by atoms with van der Waals surface area (Å²) in [6.07, 6.45) is 2.18. The van der Waals surface area contributed by atoms with Crippen LogP contribution in [0.5, 0.6) is 0 Å². The van der Waals surface area contributed by atoms with Crippen molar-refractivity contribution < 1.29 is 9.53 Å². The number of hydrogen-bond donors (Lipinski definition) is 3. The molecule has 0 aromatic carbocycles. The number of nitrogen functional groups attached to an aromatic ring is 2. The van der Waals surface area contributed by atoms with Gasteiger partial charge >= 0.3 is 5.97 Å². The minimum absolute atomic E-state index is 0.0261. The maximum atomic E-state index is 11.8. The van der Waals surface area contributed by atoms with Gasteiger partial charge in [0, 0.05) is 0 Å². The van der Waals surface area contributed by atoms with Gasteiger partial charge in [-0.25, -0.2) is 4.79 Å². The number of aromatic nitrogens is 2. The minimum atomic E-state index is -0.319. The highest BCUT2D eigenvalue weighted by Crippen LogP contribution is 2.27. The number of methoxy groups -OCH3 is 1. The molecule has 7 nitrogen and oxygen atoms in total. The molecule has 0 aliphatic carbocycles. The lowest BCUT2D eigenvalue weighted by molar-refractivity contribution is 0.0606. The minimum Gasteiger partial charge on any atom is -0.465 e. The molecule has 0 saturated heterocycles. The predicted octanol–water partition coefficient (Wildman–Crippen LogP) is 1.91. The first kappa shape index (κ1) is 17.0. The third kappa shape index (κ3) is 4.10. The Kier molecular flexibility index (Phi) is 5.38. The largest absolute Gasteiger partial charge is 0.465 e. The van der Waals surface area contributed by atoms with E-state index in [4.69, 9.17) is 16.2 Å². The number of esters is 1. The highest BCUT2D eigenvalue weighted by molar-refractivity contribution is 7.12. The molecule has 23 heavy (non-hydrogen) atoms. The van der Waals surface area contributed by atoms with Crippen LogP contribution in [-0.4, -0.2) is 23.0 Å². The Morgan fingerprint density at radius 2 is 2.22 bits per heavy atom. The quantitative estimate of drug-likeness (QED) is 0.692. The van der Waals surface area contributed by atoms with Crippen molar-refractivity contribution in [2.75, 3.05) is 18.6 Å². The average molecular weight is 336 g/mol. The number of rotatable bonds is 6. The summed E-state index contributed by atoms with van der Waals surface area (Å²) < 4.78 is 4.71. The van der Waals surface area contributed by atoms with Crippen LogP contribution in [-0.2, 0) is 11.2 Å². The third-order valence-electron chi connectivity index (χ3n) is 3.71. The Hall–Kier alpha value is -2.35. The predicted molar refractivity (Wildman–Crippen MR) is 90.7 cm³/mol. The number of carbonyl (C=O) groups is 1. The molecule has 124 valence electrons. The van der Waals surface area contributed by atoms with Crippen LogP contribution >= 0.6 is 11.3 Å². The van der Waals surface area contributed by atoms with Crippen LogP contribution in [0.3, 0.4) is 0 Å². The smallest absolute Gasteiger partial charge is 0.348 e. The molecule has 0 bridgehead atoms. The van der Waals surface area contributed by atoms with E-state index in [1.807, 2.05) is 11.4 Å². The monoisotopic (exact) mass is 336 g/mol. The molecule has 5 N–H and O–H groups in total. The molecule has 2 aromatic rings. The van der Waals surface area contributed by atoms with Crippen LogP contribution in [0.4, 0.5) is 11.8 Å². The number of nitrogens with one attached hydrogen (secondary N) is 1. The van der Waals surface area contributed by atoms with Gasteiger partial charge in [-0.3, -0.25) is 9.78 Å². The van der Waals surface area contributed by atoms with Crippen LogP contribution in [0.25, 0.3) is 0 Å².